The van der Waals surface area contributed by atoms with Gasteiger partial charge in [0.05, 0.1) is 16.6 Å². The average molecular weight is 451 g/mol. The molecule has 0 aliphatic heterocycles. The molecule has 0 aliphatic carbocycles. The molecule has 0 spiro atoms. The minimum absolute atomic E-state index is 0.262. The van der Waals surface area contributed by atoms with Gasteiger partial charge in [-0.2, -0.15) is 0 Å². The molecule has 1 aromatic heterocycles. The van der Waals surface area contributed by atoms with Crippen molar-refractivity contribution >= 4 is 28.7 Å². The van der Waals surface area contributed by atoms with Gasteiger partial charge in [-0.05, 0) is 61.3 Å². The fraction of sp³-hybridized carbons (Fsp3) is 0.407. The Morgan fingerprint density at radius 2 is 1.82 bits per heavy atom. The van der Waals surface area contributed by atoms with E-state index in [0.29, 0.717) is 29.5 Å². The summed E-state index contributed by atoms with van der Waals surface area (Å²) in [5, 5.41) is 3.45. The van der Waals surface area contributed by atoms with Gasteiger partial charge in [0.25, 0.3) is 5.56 Å². The van der Waals surface area contributed by atoms with Crippen LogP contribution in [0, 0.1) is 5.82 Å². The number of hydrogen-bond acceptors (Lipinski definition) is 4. The fourth-order valence-electron chi connectivity index (χ4n) is 3.82. The summed E-state index contributed by atoms with van der Waals surface area (Å²) < 4.78 is 16.1. The summed E-state index contributed by atoms with van der Waals surface area (Å²) >= 11 is 0. The normalized spacial score (nSPS) is 11.9. The standard InChI is InChI=1S/C27H35FN4O/c1-6-32(7-2)16-8-15-29-25-18-24-22(17-23(25)28)27(33)31(5)26(30-24)14-11-20-9-12-21(13-10-20)19(3)4/h9-14,17-19,29H,6-8,15-16H2,1-5H3/b14-11+. The van der Waals surface area contributed by atoms with Gasteiger partial charge in [0.2, 0.25) is 0 Å². The van der Waals surface area contributed by atoms with E-state index in [2.05, 4.69) is 67.2 Å². The van der Waals surface area contributed by atoms with Gasteiger partial charge in [-0.25, -0.2) is 9.37 Å². The molecule has 2 aromatic carbocycles. The molecule has 0 unspecified atom stereocenters. The van der Waals surface area contributed by atoms with Crippen LogP contribution in [0.1, 0.15) is 57.0 Å². The second-order valence-corrected chi connectivity index (χ2v) is 8.65. The molecule has 1 N–H and O–H groups in total. The molecule has 0 amide bonds. The number of benzene rings is 2. The zero-order valence-corrected chi connectivity index (χ0v) is 20.4. The monoisotopic (exact) mass is 450 g/mol. The van der Waals surface area contributed by atoms with E-state index < -0.39 is 5.82 Å². The second-order valence-electron chi connectivity index (χ2n) is 8.65. The first-order valence-corrected chi connectivity index (χ1v) is 11.8. The Labute approximate surface area is 196 Å². The van der Waals surface area contributed by atoms with Crippen molar-refractivity contribution in [2.45, 2.75) is 40.0 Å². The summed E-state index contributed by atoms with van der Waals surface area (Å²) in [6, 6.07) is 11.3. The van der Waals surface area contributed by atoms with Crippen molar-refractivity contribution in [3.63, 3.8) is 0 Å². The highest BCUT2D eigenvalue weighted by atomic mass is 19.1. The van der Waals surface area contributed by atoms with Gasteiger partial charge >= 0.3 is 0 Å². The molecule has 1 heterocycles. The van der Waals surface area contributed by atoms with E-state index in [1.807, 2.05) is 12.2 Å². The molecular formula is C27H35FN4O. The van der Waals surface area contributed by atoms with Crippen LogP contribution in [0.2, 0.25) is 0 Å². The van der Waals surface area contributed by atoms with E-state index in [9.17, 15) is 9.18 Å². The molecule has 3 aromatic rings. The molecular weight excluding hydrogens is 415 g/mol. The minimum Gasteiger partial charge on any atom is -0.383 e. The molecule has 6 heteroatoms. The van der Waals surface area contributed by atoms with Gasteiger partial charge in [0, 0.05) is 13.6 Å². The maximum Gasteiger partial charge on any atom is 0.261 e. The Balaban J connectivity index is 1.82. The lowest BCUT2D eigenvalue weighted by atomic mass is 10.0. The number of anilines is 1. The molecule has 176 valence electrons. The van der Waals surface area contributed by atoms with E-state index in [0.717, 1.165) is 31.6 Å². The highest BCUT2D eigenvalue weighted by Crippen LogP contribution is 2.21. The second kappa shape index (κ2) is 11.2. The van der Waals surface area contributed by atoms with Crippen molar-refractivity contribution in [1.82, 2.24) is 14.5 Å². The lowest BCUT2D eigenvalue weighted by molar-refractivity contribution is 0.303. The number of fused-ring (bicyclic) bond motifs is 1. The average Bonchev–Trinajstić information content (AvgIpc) is 2.81. The predicted molar refractivity (Wildman–Crippen MR) is 137 cm³/mol. The SMILES string of the molecule is CCN(CC)CCCNc1cc2nc(/C=C/c3ccc(C(C)C)cc3)n(C)c(=O)c2cc1F. The Bertz CT molecular complexity index is 1160. The first-order valence-electron chi connectivity index (χ1n) is 11.8. The largest absolute Gasteiger partial charge is 0.383 e. The van der Waals surface area contributed by atoms with Crippen LogP contribution in [0.5, 0.6) is 0 Å². The third-order valence-electron chi connectivity index (χ3n) is 6.09. The third kappa shape index (κ3) is 6.08. The summed E-state index contributed by atoms with van der Waals surface area (Å²) in [6.45, 7) is 12.2. The highest BCUT2D eigenvalue weighted by Gasteiger charge is 2.12. The lowest BCUT2D eigenvalue weighted by Gasteiger charge is -2.18. The Morgan fingerprint density at radius 1 is 1.12 bits per heavy atom. The molecule has 0 saturated heterocycles. The summed E-state index contributed by atoms with van der Waals surface area (Å²) in [5.74, 6) is 0.573. The van der Waals surface area contributed by atoms with Crippen LogP contribution in [-0.4, -0.2) is 40.6 Å². The van der Waals surface area contributed by atoms with Gasteiger partial charge in [-0.15, -0.1) is 0 Å². The highest BCUT2D eigenvalue weighted by molar-refractivity contribution is 5.83. The number of hydrogen-bond donors (Lipinski definition) is 1. The number of nitrogens with one attached hydrogen (secondary N) is 1. The Morgan fingerprint density at radius 3 is 2.45 bits per heavy atom. The van der Waals surface area contributed by atoms with Crippen LogP contribution >= 0.6 is 0 Å². The smallest absolute Gasteiger partial charge is 0.261 e. The molecule has 5 nitrogen and oxygen atoms in total. The van der Waals surface area contributed by atoms with E-state index in [1.165, 1.54) is 16.2 Å². The summed E-state index contributed by atoms with van der Waals surface area (Å²) in [4.78, 5) is 19.8. The van der Waals surface area contributed by atoms with E-state index in [1.54, 1.807) is 13.1 Å². The van der Waals surface area contributed by atoms with Crippen LogP contribution in [0.4, 0.5) is 10.1 Å². The quantitative estimate of drug-likeness (QED) is 0.414. The topological polar surface area (TPSA) is 50.2 Å². The molecule has 0 fully saturated rings. The van der Waals surface area contributed by atoms with Crippen molar-refractivity contribution in [2.24, 2.45) is 7.05 Å². The fourth-order valence-corrected chi connectivity index (χ4v) is 3.82. The van der Waals surface area contributed by atoms with Crippen molar-refractivity contribution < 1.29 is 4.39 Å². The van der Waals surface area contributed by atoms with Crippen LogP contribution in [0.25, 0.3) is 23.1 Å². The van der Waals surface area contributed by atoms with Crippen molar-refractivity contribution in [3.05, 3.63) is 69.5 Å². The maximum absolute atomic E-state index is 14.6. The molecule has 0 atom stereocenters. The lowest BCUT2D eigenvalue weighted by Crippen LogP contribution is -2.25. The van der Waals surface area contributed by atoms with Gasteiger partial charge in [-0.3, -0.25) is 9.36 Å². The van der Waals surface area contributed by atoms with E-state index >= 15 is 0 Å². The molecule has 0 saturated carbocycles. The molecule has 0 radical (unpaired) electrons. The van der Waals surface area contributed by atoms with Crippen molar-refractivity contribution in [3.8, 4) is 0 Å². The minimum atomic E-state index is -0.433. The summed E-state index contributed by atoms with van der Waals surface area (Å²) in [6.07, 6.45) is 4.67. The third-order valence-corrected chi connectivity index (χ3v) is 6.09. The zero-order valence-electron chi connectivity index (χ0n) is 20.4. The van der Waals surface area contributed by atoms with Gasteiger partial charge < -0.3 is 10.2 Å². The zero-order chi connectivity index (χ0) is 24.0. The van der Waals surface area contributed by atoms with Crippen LogP contribution in [0.15, 0.2) is 41.2 Å². The number of halogens is 1. The number of rotatable bonds is 10. The number of nitrogens with zero attached hydrogens (tertiary/aromatic N) is 3. The maximum atomic E-state index is 14.6. The first kappa shape index (κ1) is 24.6. The Hall–Kier alpha value is -2.99. The Kier molecular flexibility index (Phi) is 8.39. The van der Waals surface area contributed by atoms with E-state index in [-0.39, 0.29) is 10.9 Å². The summed E-state index contributed by atoms with van der Waals surface area (Å²) in [5.41, 5.74) is 2.91. The predicted octanol–water partition coefficient (Wildman–Crippen LogP) is 5.51. The van der Waals surface area contributed by atoms with Crippen LogP contribution in [-0.2, 0) is 7.05 Å². The van der Waals surface area contributed by atoms with Crippen LogP contribution < -0.4 is 10.9 Å². The van der Waals surface area contributed by atoms with Crippen molar-refractivity contribution in [2.75, 3.05) is 31.5 Å². The molecule has 0 aliphatic rings. The summed E-state index contributed by atoms with van der Waals surface area (Å²) in [7, 11) is 1.66. The van der Waals surface area contributed by atoms with Crippen LogP contribution in [0.3, 0.4) is 0 Å². The number of aromatic nitrogens is 2. The molecule has 3 rings (SSSR count). The molecule has 33 heavy (non-hydrogen) atoms. The van der Waals surface area contributed by atoms with E-state index in [4.69, 9.17) is 0 Å². The van der Waals surface area contributed by atoms with Gasteiger partial charge in [-0.1, -0.05) is 58.0 Å². The van der Waals surface area contributed by atoms with Gasteiger partial charge in [0.1, 0.15) is 11.6 Å². The van der Waals surface area contributed by atoms with Gasteiger partial charge in [0.15, 0.2) is 0 Å². The van der Waals surface area contributed by atoms with Crippen molar-refractivity contribution in [1.29, 1.82) is 0 Å². The first-order chi connectivity index (χ1) is 15.8. The molecule has 0 bridgehead atoms.